The van der Waals surface area contributed by atoms with Crippen molar-refractivity contribution in [2.45, 2.75) is 30.5 Å². The highest BCUT2D eigenvalue weighted by molar-refractivity contribution is 7.98. The first kappa shape index (κ1) is 17.1. The number of imidazole rings is 1. The molecular weight excluding hydrogens is 376 g/mol. The van der Waals surface area contributed by atoms with Crippen molar-refractivity contribution >= 4 is 45.4 Å². The van der Waals surface area contributed by atoms with Crippen LogP contribution in [0.1, 0.15) is 24.0 Å². The molecule has 134 valence electrons. The number of carboxylic acid groups (broad SMARTS) is 1. The molecule has 1 saturated heterocycles. The maximum absolute atomic E-state index is 12.3. The third-order valence-corrected chi connectivity index (χ3v) is 6.77. The van der Waals surface area contributed by atoms with Gasteiger partial charge in [-0.25, -0.2) is 9.78 Å². The molecule has 1 amide bonds. The monoisotopic (exact) mass is 390 g/mol. The second kappa shape index (κ2) is 5.84. The predicted octanol–water partition coefficient (Wildman–Crippen LogP) is 1.40. The standard InChI is InChI=1S/C16H14N4O4S2/c1-6(21)11-8-3-7(12(16(23)24)20(8)14(11)22)9-5-19-10(4-17)18-13(25-2)15(19)26-9/h5-6,8,11,21H,3H2,1-2H3,(H,23,24)/t6-,8-,11-/m1/s1. The number of fused-ring (bicyclic) bond motifs is 2. The molecule has 0 unspecified atom stereocenters. The Labute approximate surface area is 156 Å². The molecule has 0 spiro atoms. The van der Waals surface area contributed by atoms with Crippen LogP contribution in [0.25, 0.3) is 10.4 Å². The molecule has 4 heterocycles. The summed E-state index contributed by atoms with van der Waals surface area (Å²) in [7, 11) is 0. The van der Waals surface area contributed by atoms with E-state index < -0.39 is 18.0 Å². The molecule has 2 aromatic rings. The molecule has 0 saturated carbocycles. The number of β-lactam (4-membered cyclic amide) rings is 1. The SMILES string of the molecule is CSc1nc(C#N)n2cc(C3=C(C(=O)O)N4C(=O)[C@H]([C@@H](C)O)[C@H]4C3)sc12. The average Bonchev–Trinajstić information content (AvgIpc) is 3.23. The number of thiazole rings is 1. The van der Waals surface area contributed by atoms with Crippen LogP contribution >= 0.6 is 23.1 Å². The van der Waals surface area contributed by atoms with E-state index in [-0.39, 0.29) is 23.5 Å². The van der Waals surface area contributed by atoms with Gasteiger partial charge in [0.05, 0.1) is 22.9 Å². The van der Waals surface area contributed by atoms with Crippen molar-refractivity contribution in [2.75, 3.05) is 6.26 Å². The summed E-state index contributed by atoms with van der Waals surface area (Å²) in [5, 5.41) is 29.4. The minimum absolute atomic E-state index is 0.0291. The van der Waals surface area contributed by atoms with Crippen LogP contribution < -0.4 is 0 Å². The van der Waals surface area contributed by atoms with E-state index in [9.17, 15) is 25.1 Å². The minimum Gasteiger partial charge on any atom is -0.477 e. The molecule has 2 aliphatic heterocycles. The molecule has 2 aliphatic rings. The first-order chi connectivity index (χ1) is 12.4. The lowest BCUT2D eigenvalue weighted by Gasteiger charge is -2.44. The summed E-state index contributed by atoms with van der Waals surface area (Å²) >= 11 is 2.77. The zero-order valence-electron chi connectivity index (χ0n) is 13.8. The highest BCUT2D eigenvalue weighted by atomic mass is 32.2. The van der Waals surface area contributed by atoms with E-state index in [2.05, 4.69) is 4.98 Å². The van der Waals surface area contributed by atoms with Crippen molar-refractivity contribution in [1.29, 1.82) is 5.26 Å². The predicted molar refractivity (Wildman–Crippen MR) is 94.5 cm³/mol. The number of carboxylic acids is 1. The lowest BCUT2D eigenvalue weighted by atomic mass is 9.83. The third-order valence-electron chi connectivity index (χ3n) is 4.81. The number of nitrogens with zero attached hydrogens (tertiary/aromatic N) is 4. The van der Waals surface area contributed by atoms with Crippen molar-refractivity contribution in [3.63, 3.8) is 0 Å². The zero-order valence-corrected chi connectivity index (χ0v) is 15.5. The number of nitriles is 1. The van der Waals surface area contributed by atoms with E-state index in [1.54, 1.807) is 17.5 Å². The van der Waals surface area contributed by atoms with Gasteiger partial charge in [0, 0.05) is 11.8 Å². The van der Waals surface area contributed by atoms with E-state index in [0.717, 1.165) is 4.83 Å². The van der Waals surface area contributed by atoms with Gasteiger partial charge in [0.1, 0.15) is 21.6 Å². The van der Waals surface area contributed by atoms with E-state index in [1.165, 1.54) is 28.0 Å². The first-order valence-corrected chi connectivity index (χ1v) is 9.87. The maximum Gasteiger partial charge on any atom is 0.352 e. The van der Waals surface area contributed by atoms with E-state index in [0.29, 0.717) is 21.9 Å². The number of hydrogen-bond acceptors (Lipinski definition) is 7. The fraction of sp³-hybridized carbons (Fsp3) is 0.375. The summed E-state index contributed by atoms with van der Waals surface area (Å²) in [5.74, 6) is -1.86. The molecule has 2 N–H and O–H groups in total. The number of thioether (sulfide) groups is 1. The highest BCUT2D eigenvalue weighted by Crippen LogP contribution is 2.48. The van der Waals surface area contributed by atoms with Crippen LogP contribution in [0.3, 0.4) is 0 Å². The second-order valence-corrected chi connectivity index (χ2v) is 8.03. The van der Waals surface area contributed by atoms with Crippen molar-refractivity contribution < 1.29 is 19.8 Å². The van der Waals surface area contributed by atoms with Crippen LogP contribution in [0.5, 0.6) is 0 Å². The van der Waals surface area contributed by atoms with Gasteiger partial charge >= 0.3 is 5.97 Å². The smallest absolute Gasteiger partial charge is 0.352 e. The van der Waals surface area contributed by atoms with Crippen LogP contribution in [0.4, 0.5) is 0 Å². The first-order valence-electron chi connectivity index (χ1n) is 7.83. The molecule has 10 heteroatoms. The quantitative estimate of drug-likeness (QED) is 0.598. The fourth-order valence-electron chi connectivity index (χ4n) is 3.70. The van der Waals surface area contributed by atoms with Gasteiger partial charge in [-0.3, -0.25) is 9.20 Å². The number of aliphatic carboxylic acids is 1. The number of aliphatic hydroxyl groups is 1. The van der Waals surface area contributed by atoms with Crippen molar-refractivity contribution in [2.24, 2.45) is 5.92 Å². The molecule has 1 fully saturated rings. The van der Waals surface area contributed by atoms with Crippen molar-refractivity contribution in [3.8, 4) is 6.07 Å². The van der Waals surface area contributed by atoms with Gasteiger partial charge < -0.3 is 15.1 Å². The van der Waals surface area contributed by atoms with Crippen molar-refractivity contribution in [1.82, 2.24) is 14.3 Å². The number of aromatic nitrogens is 2. The van der Waals surface area contributed by atoms with Gasteiger partial charge in [-0.15, -0.1) is 23.1 Å². The lowest BCUT2D eigenvalue weighted by molar-refractivity contribution is -0.161. The summed E-state index contributed by atoms with van der Waals surface area (Å²) in [6, 6.07) is 1.70. The summed E-state index contributed by atoms with van der Waals surface area (Å²) < 4.78 is 1.65. The Kier molecular flexibility index (Phi) is 3.83. The summed E-state index contributed by atoms with van der Waals surface area (Å²) in [4.78, 5) is 31.1. The van der Waals surface area contributed by atoms with Gasteiger partial charge in [-0.1, -0.05) is 0 Å². The molecule has 8 nitrogen and oxygen atoms in total. The van der Waals surface area contributed by atoms with Crippen LogP contribution in [0.2, 0.25) is 0 Å². The largest absolute Gasteiger partial charge is 0.477 e. The lowest BCUT2D eigenvalue weighted by Crippen LogP contribution is -2.61. The molecular formula is C16H14N4O4S2. The Bertz CT molecular complexity index is 1030. The second-order valence-electron chi connectivity index (χ2n) is 6.21. The maximum atomic E-state index is 12.3. The molecule has 4 rings (SSSR count). The van der Waals surface area contributed by atoms with Crippen molar-refractivity contribution in [3.05, 3.63) is 22.6 Å². The average molecular weight is 390 g/mol. The molecule has 2 aromatic heterocycles. The summed E-state index contributed by atoms with van der Waals surface area (Å²) in [6.07, 6.45) is 3.11. The number of carbonyl (C=O) groups is 2. The summed E-state index contributed by atoms with van der Waals surface area (Å²) in [5.41, 5.74) is 0.530. The fourth-order valence-corrected chi connectivity index (χ4v) is 5.56. The van der Waals surface area contributed by atoms with Gasteiger partial charge in [0.15, 0.2) is 0 Å². The molecule has 3 atom stereocenters. The van der Waals surface area contributed by atoms with E-state index >= 15 is 0 Å². The van der Waals surface area contributed by atoms with Gasteiger partial charge in [0.25, 0.3) is 0 Å². The molecule has 0 bridgehead atoms. The van der Waals surface area contributed by atoms with E-state index in [4.69, 9.17) is 0 Å². The Hall–Kier alpha value is -2.35. The number of rotatable bonds is 4. The number of hydrogen-bond donors (Lipinski definition) is 2. The molecule has 26 heavy (non-hydrogen) atoms. The summed E-state index contributed by atoms with van der Waals surface area (Å²) in [6.45, 7) is 1.54. The van der Waals surface area contributed by atoms with Crippen LogP contribution in [-0.2, 0) is 9.59 Å². The van der Waals surface area contributed by atoms with Crippen LogP contribution in [0, 0.1) is 17.2 Å². The van der Waals surface area contributed by atoms with E-state index in [1.807, 2.05) is 12.3 Å². The van der Waals surface area contributed by atoms with Gasteiger partial charge in [-0.05, 0) is 19.6 Å². The Morgan fingerprint density at radius 1 is 1.58 bits per heavy atom. The van der Waals surface area contributed by atoms with Gasteiger partial charge in [-0.2, -0.15) is 5.26 Å². The number of amides is 1. The number of aliphatic hydroxyl groups excluding tert-OH is 1. The Morgan fingerprint density at radius 2 is 2.31 bits per heavy atom. The molecule has 0 aromatic carbocycles. The Morgan fingerprint density at radius 3 is 2.88 bits per heavy atom. The Balaban J connectivity index is 1.84. The third kappa shape index (κ3) is 2.14. The molecule has 0 radical (unpaired) electrons. The van der Waals surface area contributed by atoms with Gasteiger partial charge in [0.2, 0.25) is 11.7 Å². The van der Waals surface area contributed by atoms with Crippen LogP contribution in [-0.4, -0.2) is 54.8 Å². The van der Waals surface area contributed by atoms with Crippen LogP contribution in [0.15, 0.2) is 16.9 Å². The highest BCUT2D eigenvalue weighted by Gasteiger charge is 2.57. The normalized spacial score (nSPS) is 23.2. The topological polar surface area (TPSA) is 119 Å². The molecule has 0 aliphatic carbocycles. The number of carbonyl (C=O) groups excluding carboxylic acids is 1. The zero-order chi connectivity index (χ0) is 18.7. The minimum atomic E-state index is -1.17.